The van der Waals surface area contributed by atoms with Crippen LogP contribution in [0.25, 0.3) is 11.1 Å². The highest BCUT2D eigenvalue weighted by atomic mass is 35.5. The van der Waals surface area contributed by atoms with Crippen molar-refractivity contribution in [2.45, 2.75) is 25.3 Å². The molecule has 6 heteroatoms. The number of nitrogens with two attached hydrogens (primary N) is 1. The average molecular weight is 374 g/mol. The zero-order valence-corrected chi connectivity index (χ0v) is 15.6. The molecule has 3 rings (SSSR count). The Morgan fingerprint density at radius 3 is 2.77 bits per heavy atom. The van der Waals surface area contributed by atoms with E-state index < -0.39 is 6.09 Å². The van der Waals surface area contributed by atoms with Gasteiger partial charge in [-0.15, -0.1) is 0 Å². The zero-order valence-electron chi connectivity index (χ0n) is 14.9. The standard InChI is InChI=1S/C20H24ClN3O2/c1-23-11-4-5-15(23)10-12-24(20(25)26)19-7-3-2-6-16(19)14-8-9-18(22)17(21)13-14/h2-3,6-9,13,15H,4-5,10-12,22H2,1H3,(H,25,26). The second-order valence-electron chi connectivity index (χ2n) is 6.75. The maximum absolute atomic E-state index is 12.0. The molecule has 0 bridgehead atoms. The van der Waals surface area contributed by atoms with E-state index in [0.29, 0.717) is 29.0 Å². The summed E-state index contributed by atoms with van der Waals surface area (Å²) in [5, 5.41) is 10.3. The Morgan fingerprint density at radius 2 is 2.12 bits per heavy atom. The van der Waals surface area contributed by atoms with Crippen molar-refractivity contribution >= 4 is 29.1 Å². The summed E-state index contributed by atoms with van der Waals surface area (Å²) in [6, 6.07) is 13.3. The molecule has 1 fully saturated rings. The fourth-order valence-corrected chi connectivity index (χ4v) is 3.77. The first-order chi connectivity index (χ1) is 12.5. The lowest BCUT2D eigenvalue weighted by Crippen LogP contribution is -2.35. The quantitative estimate of drug-likeness (QED) is 0.754. The summed E-state index contributed by atoms with van der Waals surface area (Å²) in [7, 11) is 2.10. The molecule has 1 saturated heterocycles. The molecule has 2 aromatic carbocycles. The number of anilines is 2. The number of amides is 1. The molecule has 0 saturated carbocycles. The number of carbonyl (C=O) groups is 1. The molecule has 1 aliphatic heterocycles. The van der Waals surface area contributed by atoms with E-state index in [1.54, 1.807) is 12.1 Å². The van der Waals surface area contributed by atoms with Crippen molar-refractivity contribution in [2.24, 2.45) is 0 Å². The van der Waals surface area contributed by atoms with Crippen molar-refractivity contribution in [3.05, 3.63) is 47.5 Å². The van der Waals surface area contributed by atoms with Crippen LogP contribution >= 0.6 is 11.6 Å². The minimum absolute atomic E-state index is 0.440. The minimum Gasteiger partial charge on any atom is -0.465 e. The van der Waals surface area contributed by atoms with E-state index in [-0.39, 0.29) is 0 Å². The lowest BCUT2D eigenvalue weighted by Gasteiger charge is -2.26. The highest BCUT2D eigenvalue weighted by Gasteiger charge is 2.24. The first-order valence-corrected chi connectivity index (χ1v) is 9.20. The van der Waals surface area contributed by atoms with Crippen molar-refractivity contribution < 1.29 is 9.90 Å². The highest BCUT2D eigenvalue weighted by molar-refractivity contribution is 6.33. The van der Waals surface area contributed by atoms with Gasteiger partial charge in [0.2, 0.25) is 0 Å². The second kappa shape index (κ2) is 7.98. The molecule has 5 nitrogen and oxygen atoms in total. The van der Waals surface area contributed by atoms with Gasteiger partial charge in [-0.2, -0.15) is 0 Å². The van der Waals surface area contributed by atoms with E-state index in [2.05, 4.69) is 11.9 Å². The summed E-state index contributed by atoms with van der Waals surface area (Å²) in [6.07, 6.45) is 2.17. The number of carboxylic acid groups (broad SMARTS) is 1. The van der Waals surface area contributed by atoms with Gasteiger partial charge >= 0.3 is 6.09 Å². The monoisotopic (exact) mass is 373 g/mol. The SMILES string of the molecule is CN1CCCC1CCN(C(=O)O)c1ccccc1-c1ccc(N)c(Cl)c1. The van der Waals surface area contributed by atoms with Crippen molar-refractivity contribution in [1.82, 2.24) is 4.90 Å². The van der Waals surface area contributed by atoms with E-state index in [1.807, 2.05) is 30.3 Å². The molecule has 1 aliphatic rings. The predicted octanol–water partition coefficient (Wildman–Crippen LogP) is 4.56. The largest absolute Gasteiger partial charge is 0.465 e. The van der Waals surface area contributed by atoms with Crippen LogP contribution in [0, 0.1) is 0 Å². The normalized spacial score (nSPS) is 17.4. The third kappa shape index (κ3) is 3.94. The van der Waals surface area contributed by atoms with Crippen molar-refractivity contribution in [3.8, 4) is 11.1 Å². The van der Waals surface area contributed by atoms with Crippen LogP contribution < -0.4 is 10.6 Å². The fourth-order valence-electron chi connectivity index (χ4n) is 3.59. The number of hydrogen-bond acceptors (Lipinski definition) is 3. The molecule has 2 aromatic rings. The fraction of sp³-hybridized carbons (Fsp3) is 0.350. The topological polar surface area (TPSA) is 69.8 Å². The second-order valence-corrected chi connectivity index (χ2v) is 7.16. The molecular weight excluding hydrogens is 350 g/mol. The molecule has 3 N–H and O–H groups in total. The Kier molecular flexibility index (Phi) is 5.69. The van der Waals surface area contributed by atoms with Gasteiger partial charge in [0.15, 0.2) is 0 Å². The average Bonchev–Trinajstić information content (AvgIpc) is 3.03. The Hall–Kier alpha value is -2.24. The van der Waals surface area contributed by atoms with E-state index in [1.165, 1.54) is 11.3 Å². The number of rotatable bonds is 5. The molecule has 26 heavy (non-hydrogen) atoms. The van der Waals surface area contributed by atoms with Gasteiger partial charge in [0.05, 0.1) is 16.4 Å². The van der Waals surface area contributed by atoms with Crippen LogP contribution in [0.4, 0.5) is 16.2 Å². The number of nitrogens with zero attached hydrogens (tertiary/aromatic N) is 2. The summed E-state index contributed by atoms with van der Waals surface area (Å²) < 4.78 is 0. The molecule has 138 valence electrons. The van der Waals surface area contributed by atoms with Crippen LogP contribution in [0.15, 0.2) is 42.5 Å². The van der Waals surface area contributed by atoms with Gasteiger partial charge in [0.1, 0.15) is 0 Å². The molecule has 1 atom stereocenters. The smallest absolute Gasteiger partial charge is 0.411 e. The zero-order chi connectivity index (χ0) is 18.7. The maximum atomic E-state index is 12.0. The summed E-state index contributed by atoms with van der Waals surface area (Å²) in [6.45, 7) is 1.54. The van der Waals surface area contributed by atoms with Gasteiger partial charge in [0.25, 0.3) is 0 Å². The number of nitrogen functional groups attached to an aromatic ring is 1. The maximum Gasteiger partial charge on any atom is 0.411 e. The summed E-state index contributed by atoms with van der Waals surface area (Å²) in [5.74, 6) is 0. The van der Waals surface area contributed by atoms with Gasteiger partial charge < -0.3 is 15.7 Å². The van der Waals surface area contributed by atoms with Crippen molar-refractivity contribution in [1.29, 1.82) is 0 Å². The van der Waals surface area contributed by atoms with Gasteiger partial charge in [-0.05, 0) is 56.6 Å². The number of halogens is 1. The number of benzene rings is 2. The molecular formula is C20H24ClN3O2. The Morgan fingerprint density at radius 1 is 1.35 bits per heavy atom. The molecule has 1 unspecified atom stereocenters. The predicted molar refractivity (Wildman–Crippen MR) is 107 cm³/mol. The summed E-state index contributed by atoms with van der Waals surface area (Å²) in [5.41, 5.74) is 8.66. The van der Waals surface area contributed by atoms with Crippen LogP contribution in [0.5, 0.6) is 0 Å². The van der Waals surface area contributed by atoms with Crippen LogP contribution in [0.2, 0.25) is 5.02 Å². The van der Waals surface area contributed by atoms with Crippen molar-refractivity contribution in [2.75, 3.05) is 30.8 Å². The third-order valence-corrected chi connectivity index (χ3v) is 5.42. The first-order valence-electron chi connectivity index (χ1n) is 8.82. The highest BCUT2D eigenvalue weighted by Crippen LogP contribution is 2.34. The number of hydrogen-bond donors (Lipinski definition) is 2. The summed E-state index contributed by atoms with van der Waals surface area (Å²) in [4.78, 5) is 15.7. The Labute approximate surface area is 159 Å². The van der Waals surface area contributed by atoms with Crippen LogP contribution in [-0.4, -0.2) is 42.3 Å². The van der Waals surface area contributed by atoms with Crippen LogP contribution in [0.1, 0.15) is 19.3 Å². The van der Waals surface area contributed by atoms with E-state index in [4.69, 9.17) is 17.3 Å². The molecule has 0 aromatic heterocycles. The van der Waals surface area contributed by atoms with E-state index in [9.17, 15) is 9.90 Å². The molecule has 1 heterocycles. The van der Waals surface area contributed by atoms with Crippen LogP contribution in [0.3, 0.4) is 0 Å². The van der Waals surface area contributed by atoms with Gasteiger partial charge in [-0.3, -0.25) is 4.90 Å². The lowest BCUT2D eigenvalue weighted by atomic mass is 10.0. The molecule has 0 aliphatic carbocycles. The Bertz CT molecular complexity index is 796. The minimum atomic E-state index is -0.945. The number of para-hydroxylation sites is 1. The number of likely N-dealkylation sites (tertiary alicyclic amines) is 1. The van der Waals surface area contributed by atoms with Crippen LogP contribution in [-0.2, 0) is 0 Å². The summed E-state index contributed by atoms with van der Waals surface area (Å²) >= 11 is 6.16. The van der Waals surface area contributed by atoms with Gasteiger partial charge in [-0.25, -0.2) is 4.79 Å². The third-order valence-electron chi connectivity index (χ3n) is 5.09. The van der Waals surface area contributed by atoms with Gasteiger partial charge in [-0.1, -0.05) is 35.9 Å². The molecule has 0 radical (unpaired) electrons. The molecule has 0 spiro atoms. The lowest BCUT2D eigenvalue weighted by molar-refractivity contribution is 0.200. The van der Waals surface area contributed by atoms with E-state index in [0.717, 1.165) is 30.5 Å². The van der Waals surface area contributed by atoms with E-state index >= 15 is 0 Å². The Balaban J connectivity index is 1.89. The van der Waals surface area contributed by atoms with Crippen molar-refractivity contribution in [3.63, 3.8) is 0 Å². The van der Waals surface area contributed by atoms with Gasteiger partial charge in [0, 0.05) is 18.2 Å². The molecule has 1 amide bonds. The first kappa shape index (κ1) is 18.5.